The molecular formula is C13H12BrN5O. The summed E-state index contributed by atoms with van der Waals surface area (Å²) < 4.78 is 5.92. The summed E-state index contributed by atoms with van der Waals surface area (Å²) in [5.74, 6) is 1.18. The highest BCUT2D eigenvalue weighted by Gasteiger charge is 2.12. The maximum absolute atomic E-state index is 5.18. The lowest BCUT2D eigenvalue weighted by Gasteiger charge is -2.08. The second kappa shape index (κ2) is 5.16. The molecule has 0 aliphatic rings. The summed E-state index contributed by atoms with van der Waals surface area (Å²) in [4.78, 5) is 13.1. The van der Waals surface area contributed by atoms with Crippen LogP contribution in [0.3, 0.4) is 0 Å². The normalized spacial score (nSPS) is 10.9. The van der Waals surface area contributed by atoms with Gasteiger partial charge in [-0.1, -0.05) is 6.92 Å². The number of halogens is 1. The number of aromatic amines is 1. The Kier molecular flexibility index (Phi) is 3.35. The molecular weight excluding hydrogens is 322 g/mol. The van der Waals surface area contributed by atoms with E-state index in [1.807, 2.05) is 6.07 Å². The Morgan fingerprint density at radius 2 is 2.15 bits per heavy atom. The molecule has 1 N–H and O–H groups in total. The van der Waals surface area contributed by atoms with Crippen molar-refractivity contribution in [1.82, 2.24) is 25.1 Å². The largest absolute Gasteiger partial charge is 0.481 e. The van der Waals surface area contributed by atoms with Crippen LogP contribution in [0.25, 0.3) is 22.4 Å². The fourth-order valence-electron chi connectivity index (χ4n) is 1.98. The van der Waals surface area contributed by atoms with Crippen LogP contribution in [0.5, 0.6) is 5.88 Å². The highest BCUT2D eigenvalue weighted by molar-refractivity contribution is 9.10. The number of rotatable bonds is 3. The molecule has 3 heterocycles. The average Bonchev–Trinajstić information content (AvgIpc) is 2.87. The van der Waals surface area contributed by atoms with E-state index >= 15 is 0 Å². The summed E-state index contributed by atoms with van der Waals surface area (Å²) in [7, 11) is 1.59. The predicted molar refractivity (Wildman–Crippen MR) is 78.5 cm³/mol. The van der Waals surface area contributed by atoms with Gasteiger partial charge in [0.15, 0.2) is 5.82 Å². The van der Waals surface area contributed by atoms with Crippen LogP contribution in [0.15, 0.2) is 23.1 Å². The van der Waals surface area contributed by atoms with Gasteiger partial charge >= 0.3 is 0 Å². The van der Waals surface area contributed by atoms with E-state index in [0.29, 0.717) is 11.7 Å². The molecule has 0 fully saturated rings. The summed E-state index contributed by atoms with van der Waals surface area (Å²) in [5.41, 5.74) is 3.48. The number of nitrogens with one attached hydrogen (secondary N) is 1. The third kappa shape index (κ3) is 2.14. The molecule has 0 bridgehead atoms. The van der Waals surface area contributed by atoms with Gasteiger partial charge in [0.25, 0.3) is 0 Å². The Morgan fingerprint density at radius 3 is 2.90 bits per heavy atom. The number of H-pyrrole nitrogens is 1. The minimum absolute atomic E-state index is 0.548. The van der Waals surface area contributed by atoms with E-state index in [9.17, 15) is 0 Å². The predicted octanol–water partition coefficient (Wildman–Crippen LogP) is 2.75. The lowest BCUT2D eigenvalue weighted by molar-refractivity contribution is 0.398. The topological polar surface area (TPSA) is 76.6 Å². The Labute approximate surface area is 123 Å². The number of fused-ring (bicyclic) bond motifs is 1. The fraction of sp³-hybridized carbons (Fsp3) is 0.231. The van der Waals surface area contributed by atoms with Crippen molar-refractivity contribution in [2.45, 2.75) is 13.3 Å². The van der Waals surface area contributed by atoms with Crippen LogP contribution in [0.2, 0.25) is 0 Å². The van der Waals surface area contributed by atoms with Gasteiger partial charge in [-0.15, -0.1) is 0 Å². The van der Waals surface area contributed by atoms with Crippen LogP contribution in [-0.4, -0.2) is 32.3 Å². The molecule has 0 unspecified atom stereocenters. The standard InChI is InChI=1S/C13H12BrN5O/c1-3-7-5-15-10(20-2)4-8(7)13-16-6-9-11(17-13)12(14)19-18-9/h4-6H,3H2,1-2H3,(H,18,19). The minimum atomic E-state index is 0.548. The van der Waals surface area contributed by atoms with Crippen molar-refractivity contribution in [2.75, 3.05) is 7.11 Å². The number of hydrogen-bond donors (Lipinski definition) is 1. The molecule has 0 atom stereocenters. The zero-order valence-electron chi connectivity index (χ0n) is 11.0. The number of ether oxygens (including phenoxy) is 1. The summed E-state index contributed by atoms with van der Waals surface area (Å²) >= 11 is 3.39. The molecule has 0 aliphatic carbocycles. The first kappa shape index (κ1) is 13.0. The van der Waals surface area contributed by atoms with Crippen molar-refractivity contribution < 1.29 is 4.74 Å². The second-order valence-electron chi connectivity index (χ2n) is 4.20. The molecule has 0 spiro atoms. The van der Waals surface area contributed by atoms with Gasteiger partial charge in [0.2, 0.25) is 5.88 Å². The monoisotopic (exact) mass is 333 g/mol. The molecule has 0 saturated carbocycles. The summed E-state index contributed by atoms with van der Waals surface area (Å²) in [6, 6.07) is 1.86. The van der Waals surface area contributed by atoms with Crippen LogP contribution in [0.4, 0.5) is 0 Å². The van der Waals surface area contributed by atoms with E-state index in [2.05, 4.69) is 48.0 Å². The van der Waals surface area contributed by atoms with E-state index in [1.54, 1.807) is 19.5 Å². The molecule has 0 aliphatic heterocycles. The van der Waals surface area contributed by atoms with Crippen molar-refractivity contribution in [1.29, 1.82) is 0 Å². The first-order chi connectivity index (χ1) is 9.72. The molecule has 102 valence electrons. The number of methoxy groups -OCH3 is 1. The first-order valence-electron chi connectivity index (χ1n) is 6.12. The van der Waals surface area contributed by atoms with E-state index in [1.165, 1.54) is 0 Å². The number of nitrogens with zero attached hydrogens (tertiary/aromatic N) is 4. The lowest BCUT2D eigenvalue weighted by Crippen LogP contribution is -1.97. The van der Waals surface area contributed by atoms with E-state index in [-0.39, 0.29) is 0 Å². The van der Waals surface area contributed by atoms with Gasteiger partial charge < -0.3 is 4.74 Å². The Bertz CT molecular complexity index is 771. The minimum Gasteiger partial charge on any atom is -0.481 e. The number of aromatic nitrogens is 5. The van der Waals surface area contributed by atoms with Crippen molar-refractivity contribution >= 4 is 27.0 Å². The molecule has 7 heteroatoms. The summed E-state index contributed by atoms with van der Waals surface area (Å²) in [6.45, 7) is 2.07. The van der Waals surface area contributed by atoms with E-state index < -0.39 is 0 Å². The maximum atomic E-state index is 5.18. The third-order valence-corrected chi connectivity index (χ3v) is 3.60. The number of aryl methyl sites for hydroxylation is 1. The molecule has 3 aromatic heterocycles. The van der Waals surface area contributed by atoms with Crippen LogP contribution in [0.1, 0.15) is 12.5 Å². The van der Waals surface area contributed by atoms with Gasteiger partial charge in [0.1, 0.15) is 15.6 Å². The summed E-state index contributed by atoms with van der Waals surface area (Å²) in [6.07, 6.45) is 4.34. The highest BCUT2D eigenvalue weighted by Crippen LogP contribution is 2.26. The van der Waals surface area contributed by atoms with Crippen LogP contribution in [-0.2, 0) is 6.42 Å². The van der Waals surface area contributed by atoms with Crippen LogP contribution >= 0.6 is 15.9 Å². The smallest absolute Gasteiger partial charge is 0.213 e. The quantitative estimate of drug-likeness (QED) is 0.797. The Balaban J connectivity index is 2.20. The molecule has 3 aromatic rings. The van der Waals surface area contributed by atoms with Crippen LogP contribution < -0.4 is 4.74 Å². The molecule has 0 saturated heterocycles. The van der Waals surface area contributed by atoms with Crippen molar-refractivity contribution in [3.63, 3.8) is 0 Å². The third-order valence-electron chi connectivity index (χ3n) is 3.04. The molecule has 0 aromatic carbocycles. The number of pyridine rings is 1. The van der Waals surface area contributed by atoms with E-state index in [0.717, 1.165) is 33.2 Å². The maximum Gasteiger partial charge on any atom is 0.213 e. The molecule has 3 rings (SSSR count). The van der Waals surface area contributed by atoms with Crippen molar-refractivity contribution in [2.24, 2.45) is 0 Å². The molecule has 20 heavy (non-hydrogen) atoms. The lowest BCUT2D eigenvalue weighted by atomic mass is 10.1. The van der Waals surface area contributed by atoms with Gasteiger partial charge in [-0.25, -0.2) is 15.0 Å². The van der Waals surface area contributed by atoms with E-state index in [4.69, 9.17) is 4.74 Å². The average molecular weight is 334 g/mol. The van der Waals surface area contributed by atoms with Gasteiger partial charge in [0.05, 0.1) is 13.3 Å². The summed E-state index contributed by atoms with van der Waals surface area (Å²) in [5, 5.41) is 6.93. The zero-order valence-corrected chi connectivity index (χ0v) is 12.6. The van der Waals surface area contributed by atoms with Crippen molar-refractivity contribution in [3.8, 4) is 17.3 Å². The highest BCUT2D eigenvalue weighted by atomic mass is 79.9. The molecule has 0 amide bonds. The Hall–Kier alpha value is -2.02. The SMILES string of the molecule is CCc1cnc(OC)cc1-c1ncc2n[nH]c(Br)c2n1. The zero-order chi connectivity index (χ0) is 14.1. The van der Waals surface area contributed by atoms with Crippen molar-refractivity contribution in [3.05, 3.63) is 28.6 Å². The van der Waals surface area contributed by atoms with Gasteiger partial charge in [-0.3, -0.25) is 5.10 Å². The second-order valence-corrected chi connectivity index (χ2v) is 5.00. The van der Waals surface area contributed by atoms with Crippen LogP contribution in [0, 0.1) is 0 Å². The van der Waals surface area contributed by atoms with Gasteiger partial charge in [-0.05, 0) is 27.9 Å². The molecule has 6 nitrogen and oxygen atoms in total. The number of hydrogen-bond acceptors (Lipinski definition) is 5. The van der Waals surface area contributed by atoms with Gasteiger partial charge in [0, 0.05) is 17.8 Å². The fourth-order valence-corrected chi connectivity index (χ4v) is 2.36. The first-order valence-corrected chi connectivity index (χ1v) is 6.92. The van der Waals surface area contributed by atoms with Gasteiger partial charge in [-0.2, -0.15) is 5.10 Å². The Morgan fingerprint density at radius 1 is 1.30 bits per heavy atom. The molecule has 0 radical (unpaired) electrons.